The van der Waals surface area contributed by atoms with Gasteiger partial charge in [-0.2, -0.15) is 0 Å². The van der Waals surface area contributed by atoms with E-state index in [1.165, 1.54) is 0 Å². The third kappa shape index (κ3) is 5.49. The lowest BCUT2D eigenvalue weighted by Gasteiger charge is -2.21. The number of para-hydroxylation sites is 2. The van der Waals surface area contributed by atoms with Gasteiger partial charge in [0.15, 0.2) is 17.5 Å². The molecule has 2 aromatic rings. The minimum absolute atomic E-state index is 0.527. The van der Waals surface area contributed by atoms with E-state index in [1.807, 2.05) is 24.3 Å². The fraction of sp³-hybridized carbons (Fsp3) is 0.458. The zero-order valence-electron chi connectivity index (χ0n) is 19.6. The summed E-state index contributed by atoms with van der Waals surface area (Å²) in [5.41, 5.74) is 2.16. The molecule has 0 spiro atoms. The van der Waals surface area contributed by atoms with Crippen LogP contribution in [0.4, 0.5) is 5.69 Å². The van der Waals surface area contributed by atoms with Crippen LogP contribution in [-0.2, 0) is 6.54 Å². The van der Waals surface area contributed by atoms with E-state index in [9.17, 15) is 0 Å². The van der Waals surface area contributed by atoms with E-state index < -0.39 is 0 Å². The number of rotatable bonds is 9. The van der Waals surface area contributed by atoms with Crippen molar-refractivity contribution in [2.45, 2.75) is 13.0 Å². The second-order valence-corrected chi connectivity index (χ2v) is 7.61. The lowest BCUT2D eigenvalue weighted by Crippen LogP contribution is -2.40. The molecule has 3 rings (SSSR count). The molecule has 1 saturated heterocycles. The van der Waals surface area contributed by atoms with E-state index in [0.717, 1.165) is 49.0 Å². The molecule has 0 amide bonds. The first-order valence-electron chi connectivity index (χ1n) is 10.7. The van der Waals surface area contributed by atoms with Crippen molar-refractivity contribution in [1.82, 2.24) is 10.6 Å². The molecule has 1 unspecified atom stereocenters. The van der Waals surface area contributed by atoms with Crippen LogP contribution in [0, 0.1) is 5.92 Å². The summed E-state index contributed by atoms with van der Waals surface area (Å²) < 4.78 is 21.8. The quantitative estimate of drug-likeness (QED) is 0.457. The summed E-state index contributed by atoms with van der Waals surface area (Å²) in [4.78, 5) is 6.75. The third-order valence-electron chi connectivity index (χ3n) is 5.68. The lowest BCUT2D eigenvalue weighted by atomic mass is 10.1. The van der Waals surface area contributed by atoms with Gasteiger partial charge in [0.25, 0.3) is 0 Å². The topological polar surface area (TPSA) is 76.6 Å². The highest BCUT2D eigenvalue weighted by Crippen LogP contribution is 2.38. The van der Waals surface area contributed by atoms with E-state index in [1.54, 1.807) is 35.5 Å². The summed E-state index contributed by atoms with van der Waals surface area (Å²) in [5.74, 6) is 4.06. The molecule has 0 bridgehead atoms. The number of nitrogens with one attached hydrogen (secondary N) is 2. The molecule has 0 radical (unpaired) electrons. The maximum Gasteiger partial charge on any atom is 0.203 e. The van der Waals surface area contributed by atoms with E-state index >= 15 is 0 Å². The van der Waals surface area contributed by atoms with Crippen molar-refractivity contribution in [3.8, 4) is 23.0 Å². The van der Waals surface area contributed by atoms with Crippen molar-refractivity contribution >= 4 is 11.6 Å². The smallest absolute Gasteiger partial charge is 0.203 e. The summed E-state index contributed by atoms with van der Waals surface area (Å²) in [6.45, 7) is 3.43. The molecule has 2 N–H and O–H groups in total. The Kier molecular flexibility index (Phi) is 8.30. The molecular formula is C24H34N4O4. The Bertz CT molecular complexity index is 894. The highest BCUT2D eigenvalue weighted by Gasteiger charge is 2.24. The lowest BCUT2D eigenvalue weighted by molar-refractivity contribution is 0.323. The van der Waals surface area contributed by atoms with Gasteiger partial charge in [-0.3, -0.25) is 4.99 Å². The Labute approximate surface area is 190 Å². The predicted molar refractivity (Wildman–Crippen MR) is 128 cm³/mol. The molecule has 0 aliphatic carbocycles. The summed E-state index contributed by atoms with van der Waals surface area (Å²) in [7, 11) is 8.33. The van der Waals surface area contributed by atoms with Crippen molar-refractivity contribution in [2.24, 2.45) is 10.9 Å². The van der Waals surface area contributed by atoms with Gasteiger partial charge in [0.1, 0.15) is 5.75 Å². The van der Waals surface area contributed by atoms with Gasteiger partial charge >= 0.3 is 0 Å². The van der Waals surface area contributed by atoms with Crippen LogP contribution in [-0.4, -0.2) is 61.1 Å². The zero-order chi connectivity index (χ0) is 22.9. The standard InChI is InChI=1S/C24H34N4O4/c1-25-24(27-15-18-12-21(30-3)23(32-5)22(13-18)31-4)26-14-17-10-11-28(16-17)19-8-6-7-9-20(19)29-2/h6-9,12-13,17H,10-11,14-16H2,1-5H3,(H2,25,26,27). The van der Waals surface area contributed by atoms with E-state index in [0.29, 0.717) is 29.7 Å². The molecule has 1 heterocycles. The van der Waals surface area contributed by atoms with Crippen LogP contribution < -0.4 is 34.5 Å². The van der Waals surface area contributed by atoms with Crippen LogP contribution in [0.15, 0.2) is 41.4 Å². The predicted octanol–water partition coefficient (Wildman–Crippen LogP) is 2.91. The fourth-order valence-corrected chi connectivity index (χ4v) is 3.99. The van der Waals surface area contributed by atoms with Crippen molar-refractivity contribution in [1.29, 1.82) is 0 Å². The van der Waals surface area contributed by atoms with Crippen LogP contribution in [0.5, 0.6) is 23.0 Å². The summed E-state index contributed by atoms with van der Waals surface area (Å²) in [6, 6.07) is 12.1. The molecule has 1 atom stereocenters. The Hall–Kier alpha value is -3.29. The number of nitrogens with zero attached hydrogens (tertiary/aromatic N) is 2. The highest BCUT2D eigenvalue weighted by molar-refractivity contribution is 5.79. The van der Waals surface area contributed by atoms with Gasteiger partial charge in [-0.15, -0.1) is 0 Å². The van der Waals surface area contributed by atoms with Gasteiger partial charge in [-0.25, -0.2) is 0 Å². The number of aliphatic imine (C=N–C) groups is 1. The number of ether oxygens (including phenoxy) is 4. The number of anilines is 1. The SMILES string of the molecule is CN=C(NCc1cc(OC)c(OC)c(OC)c1)NCC1CCN(c2ccccc2OC)C1. The Morgan fingerprint density at radius 3 is 2.28 bits per heavy atom. The first kappa shape index (κ1) is 23.4. The summed E-state index contributed by atoms with van der Waals surface area (Å²) in [5, 5.41) is 6.82. The van der Waals surface area contributed by atoms with E-state index in [4.69, 9.17) is 18.9 Å². The van der Waals surface area contributed by atoms with Gasteiger partial charge < -0.3 is 34.5 Å². The van der Waals surface area contributed by atoms with Crippen LogP contribution in [0.1, 0.15) is 12.0 Å². The highest BCUT2D eigenvalue weighted by atomic mass is 16.5. The maximum atomic E-state index is 5.52. The molecule has 2 aromatic carbocycles. The number of guanidine groups is 1. The van der Waals surface area contributed by atoms with Gasteiger partial charge in [0, 0.05) is 33.2 Å². The summed E-state index contributed by atoms with van der Waals surface area (Å²) >= 11 is 0. The average molecular weight is 443 g/mol. The molecule has 1 fully saturated rings. The summed E-state index contributed by atoms with van der Waals surface area (Å²) in [6.07, 6.45) is 1.12. The van der Waals surface area contributed by atoms with Crippen LogP contribution in [0.25, 0.3) is 0 Å². The van der Waals surface area contributed by atoms with Crippen molar-refractivity contribution in [3.63, 3.8) is 0 Å². The van der Waals surface area contributed by atoms with E-state index in [-0.39, 0.29) is 0 Å². The number of hydrogen-bond donors (Lipinski definition) is 2. The monoisotopic (exact) mass is 442 g/mol. The molecule has 8 nitrogen and oxygen atoms in total. The van der Waals surface area contributed by atoms with Crippen molar-refractivity contribution in [2.75, 3.05) is 60.0 Å². The number of benzene rings is 2. The number of methoxy groups -OCH3 is 4. The second-order valence-electron chi connectivity index (χ2n) is 7.61. The number of hydrogen-bond acceptors (Lipinski definition) is 6. The minimum Gasteiger partial charge on any atom is -0.495 e. The Balaban J connectivity index is 1.54. The van der Waals surface area contributed by atoms with Crippen LogP contribution in [0.2, 0.25) is 0 Å². The van der Waals surface area contributed by atoms with Crippen LogP contribution in [0.3, 0.4) is 0 Å². The van der Waals surface area contributed by atoms with Gasteiger partial charge in [-0.05, 0) is 42.2 Å². The molecule has 32 heavy (non-hydrogen) atoms. The normalized spacial score (nSPS) is 16.0. The van der Waals surface area contributed by atoms with Gasteiger partial charge in [0.2, 0.25) is 5.75 Å². The zero-order valence-corrected chi connectivity index (χ0v) is 19.6. The molecule has 8 heteroatoms. The van der Waals surface area contributed by atoms with E-state index in [2.05, 4.69) is 32.7 Å². The molecule has 174 valence electrons. The average Bonchev–Trinajstić information content (AvgIpc) is 3.32. The van der Waals surface area contributed by atoms with Crippen molar-refractivity contribution < 1.29 is 18.9 Å². The second kappa shape index (κ2) is 11.4. The third-order valence-corrected chi connectivity index (χ3v) is 5.68. The molecular weight excluding hydrogens is 408 g/mol. The molecule has 1 aliphatic heterocycles. The first-order valence-corrected chi connectivity index (χ1v) is 10.7. The van der Waals surface area contributed by atoms with Gasteiger partial charge in [0.05, 0.1) is 34.1 Å². The largest absolute Gasteiger partial charge is 0.495 e. The van der Waals surface area contributed by atoms with Crippen LogP contribution >= 0.6 is 0 Å². The minimum atomic E-state index is 0.527. The molecule has 1 aliphatic rings. The molecule has 0 saturated carbocycles. The van der Waals surface area contributed by atoms with Gasteiger partial charge in [-0.1, -0.05) is 12.1 Å². The molecule has 0 aromatic heterocycles. The fourth-order valence-electron chi connectivity index (χ4n) is 3.99. The van der Waals surface area contributed by atoms with Crippen molar-refractivity contribution in [3.05, 3.63) is 42.0 Å². The first-order chi connectivity index (χ1) is 15.6. The Morgan fingerprint density at radius 1 is 0.969 bits per heavy atom. The Morgan fingerprint density at radius 2 is 1.66 bits per heavy atom. The maximum absolute atomic E-state index is 5.52.